The van der Waals surface area contributed by atoms with E-state index in [1.54, 1.807) is 0 Å². The predicted molar refractivity (Wildman–Crippen MR) is 99.0 cm³/mol. The Morgan fingerprint density at radius 3 is 1.73 bits per heavy atom. The van der Waals surface area contributed by atoms with E-state index in [9.17, 15) is 9.59 Å². The first kappa shape index (κ1) is 24.8. The molecule has 0 spiro atoms. The van der Waals surface area contributed by atoms with Crippen molar-refractivity contribution < 1.29 is 28.5 Å². The first-order valence-corrected chi connectivity index (χ1v) is 9.12. The Hall–Kier alpha value is -1.22. The summed E-state index contributed by atoms with van der Waals surface area (Å²) in [6, 6.07) is 0. The molecule has 0 atom stereocenters. The lowest BCUT2D eigenvalue weighted by Gasteiger charge is -2.20. The van der Waals surface area contributed by atoms with Gasteiger partial charge in [-0.15, -0.1) is 0 Å². The van der Waals surface area contributed by atoms with Gasteiger partial charge in [0.25, 0.3) is 0 Å². The minimum atomic E-state index is -0.250. The van der Waals surface area contributed by atoms with Crippen molar-refractivity contribution >= 4 is 11.8 Å². The van der Waals surface area contributed by atoms with Gasteiger partial charge in [-0.25, -0.2) is 0 Å². The van der Waals surface area contributed by atoms with Crippen molar-refractivity contribution in [2.75, 3.05) is 59.4 Å². The predicted octanol–water partition coefficient (Wildman–Crippen LogP) is 0.740. The van der Waals surface area contributed by atoms with Crippen molar-refractivity contribution in [2.24, 2.45) is 5.92 Å². The van der Waals surface area contributed by atoms with Crippen LogP contribution in [0.1, 0.15) is 34.6 Å². The van der Waals surface area contributed by atoms with Gasteiger partial charge >= 0.3 is 0 Å². The van der Waals surface area contributed by atoms with Crippen molar-refractivity contribution in [3.05, 3.63) is 0 Å². The van der Waals surface area contributed by atoms with Gasteiger partial charge in [-0.3, -0.25) is 9.59 Å². The molecule has 8 nitrogen and oxygen atoms in total. The lowest BCUT2D eigenvalue weighted by molar-refractivity contribution is -0.127. The average Bonchev–Trinajstić information content (AvgIpc) is 2.53. The molecule has 0 rings (SSSR count). The smallest absolute Gasteiger partial charge is 0.246 e. The van der Waals surface area contributed by atoms with Gasteiger partial charge in [0, 0.05) is 18.0 Å². The molecule has 0 radical (unpaired) electrons. The maximum atomic E-state index is 11.5. The van der Waals surface area contributed by atoms with Crippen molar-refractivity contribution in [3.63, 3.8) is 0 Å². The Morgan fingerprint density at radius 2 is 1.27 bits per heavy atom. The molecule has 0 aromatic heterocycles. The summed E-state index contributed by atoms with van der Waals surface area (Å²) in [5.74, 6) is -0.116. The molecule has 0 unspecified atom stereocenters. The third-order valence-corrected chi connectivity index (χ3v) is 2.93. The molecule has 2 amide bonds. The summed E-state index contributed by atoms with van der Waals surface area (Å²) in [6.45, 7) is 13.1. The fourth-order valence-corrected chi connectivity index (χ4v) is 1.73. The van der Waals surface area contributed by atoms with Crippen LogP contribution in [0.3, 0.4) is 0 Å². The fraction of sp³-hybridized carbons (Fsp3) is 0.889. The largest absolute Gasteiger partial charge is 0.377 e. The number of amides is 2. The summed E-state index contributed by atoms with van der Waals surface area (Å²) in [7, 11) is 0. The van der Waals surface area contributed by atoms with Crippen LogP contribution in [0.4, 0.5) is 0 Å². The number of carbonyl (C=O) groups excluding carboxylic acids is 2. The molecule has 0 aromatic carbocycles. The van der Waals surface area contributed by atoms with Crippen LogP contribution in [-0.4, -0.2) is 76.8 Å². The van der Waals surface area contributed by atoms with Gasteiger partial charge in [-0.1, -0.05) is 13.8 Å². The zero-order chi connectivity index (χ0) is 19.8. The molecule has 0 heterocycles. The van der Waals surface area contributed by atoms with Crippen LogP contribution in [0.2, 0.25) is 0 Å². The lowest BCUT2D eigenvalue weighted by atomic mass is 10.1. The Kier molecular flexibility index (Phi) is 14.2. The van der Waals surface area contributed by atoms with Crippen LogP contribution in [0.15, 0.2) is 0 Å². The van der Waals surface area contributed by atoms with Crippen LogP contribution >= 0.6 is 0 Å². The third-order valence-electron chi connectivity index (χ3n) is 2.93. The van der Waals surface area contributed by atoms with E-state index in [-0.39, 0.29) is 29.9 Å². The fourth-order valence-electron chi connectivity index (χ4n) is 1.73. The number of hydrogen-bond donors (Lipinski definition) is 2. The van der Waals surface area contributed by atoms with Crippen LogP contribution in [0, 0.1) is 5.92 Å². The summed E-state index contributed by atoms with van der Waals surface area (Å²) < 4.78 is 21.3. The number of nitrogens with one attached hydrogen (secondary N) is 2. The van der Waals surface area contributed by atoms with E-state index >= 15 is 0 Å². The van der Waals surface area contributed by atoms with Gasteiger partial charge in [0.05, 0.1) is 46.2 Å². The molecule has 0 aliphatic heterocycles. The van der Waals surface area contributed by atoms with E-state index in [1.165, 1.54) is 0 Å². The Labute approximate surface area is 157 Å². The summed E-state index contributed by atoms with van der Waals surface area (Å²) in [5, 5.41) is 5.59. The first-order valence-electron chi connectivity index (χ1n) is 9.12. The molecule has 0 saturated carbocycles. The zero-order valence-corrected chi connectivity index (χ0v) is 16.9. The van der Waals surface area contributed by atoms with Crippen molar-refractivity contribution in [2.45, 2.75) is 40.2 Å². The molecule has 0 fully saturated rings. The van der Waals surface area contributed by atoms with Crippen LogP contribution in [0.5, 0.6) is 0 Å². The van der Waals surface area contributed by atoms with E-state index in [1.807, 2.05) is 34.6 Å². The van der Waals surface area contributed by atoms with Crippen molar-refractivity contribution in [1.82, 2.24) is 10.6 Å². The molecule has 0 saturated heterocycles. The van der Waals surface area contributed by atoms with Gasteiger partial charge < -0.3 is 29.6 Å². The summed E-state index contributed by atoms with van der Waals surface area (Å²) >= 11 is 0. The maximum Gasteiger partial charge on any atom is 0.246 e. The number of ether oxygens (including phenoxy) is 4. The Bertz CT molecular complexity index is 382. The molecular weight excluding hydrogens is 340 g/mol. The quantitative estimate of drug-likeness (QED) is 0.409. The van der Waals surface area contributed by atoms with Crippen LogP contribution < -0.4 is 10.6 Å². The lowest BCUT2D eigenvalue weighted by Crippen LogP contribution is -2.42. The highest BCUT2D eigenvalue weighted by Crippen LogP contribution is 1.97. The zero-order valence-electron chi connectivity index (χ0n) is 16.9. The highest BCUT2D eigenvalue weighted by atomic mass is 16.6. The van der Waals surface area contributed by atoms with E-state index in [2.05, 4.69) is 10.6 Å². The van der Waals surface area contributed by atoms with E-state index < -0.39 is 0 Å². The van der Waals surface area contributed by atoms with Crippen molar-refractivity contribution in [3.8, 4) is 0 Å². The summed E-state index contributed by atoms with van der Waals surface area (Å²) in [6.07, 6.45) is 0. The molecule has 2 N–H and O–H groups in total. The third kappa shape index (κ3) is 17.6. The first-order chi connectivity index (χ1) is 12.2. The minimum Gasteiger partial charge on any atom is -0.377 e. The molecule has 0 aliphatic carbocycles. The minimum absolute atomic E-state index is 0.00984. The molecule has 154 valence electrons. The molecule has 0 aromatic rings. The van der Waals surface area contributed by atoms with Crippen molar-refractivity contribution in [1.29, 1.82) is 0 Å². The highest BCUT2D eigenvalue weighted by Gasteiger charge is 2.13. The standard InChI is InChI=1S/C18H36N2O6/c1-15(2)17(22)19-6-7-23-8-9-24-10-11-25-12-13-26-14-16(21)20-18(3,4)5/h15H,6-14H2,1-5H3,(H,19,22)(H,20,21). The van der Waals surface area contributed by atoms with Gasteiger partial charge in [0.2, 0.25) is 11.8 Å². The molecular formula is C18H36N2O6. The summed E-state index contributed by atoms with van der Waals surface area (Å²) in [4.78, 5) is 22.8. The monoisotopic (exact) mass is 376 g/mol. The molecule has 8 heteroatoms. The van der Waals surface area contributed by atoms with E-state index in [4.69, 9.17) is 18.9 Å². The van der Waals surface area contributed by atoms with E-state index in [0.29, 0.717) is 52.8 Å². The van der Waals surface area contributed by atoms with Gasteiger partial charge in [0.15, 0.2) is 0 Å². The normalized spacial score (nSPS) is 11.6. The summed E-state index contributed by atoms with van der Waals surface area (Å²) in [5.41, 5.74) is -0.250. The van der Waals surface area contributed by atoms with Crippen LogP contribution in [-0.2, 0) is 28.5 Å². The Balaban J connectivity index is 3.23. The molecule has 0 aliphatic rings. The SMILES string of the molecule is CC(C)C(=O)NCCOCCOCCOCCOCC(=O)NC(C)(C)C. The number of hydrogen-bond acceptors (Lipinski definition) is 6. The second-order valence-electron chi connectivity index (χ2n) is 7.13. The molecule has 0 bridgehead atoms. The number of rotatable bonds is 15. The second kappa shape index (κ2) is 14.9. The highest BCUT2D eigenvalue weighted by molar-refractivity contribution is 5.78. The van der Waals surface area contributed by atoms with Gasteiger partial charge in [0.1, 0.15) is 6.61 Å². The number of carbonyl (C=O) groups is 2. The average molecular weight is 376 g/mol. The second-order valence-corrected chi connectivity index (χ2v) is 7.13. The van der Waals surface area contributed by atoms with Gasteiger partial charge in [-0.2, -0.15) is 0 Å². The Morgan fingerprint density at radius 1 is 0.808 bits per heavy atom. The molecule has 26 heavy (non-hydrogen) atoms. The van der Waals surface area contributed by atoms with Gasteiger partial charge in [-0.05, 0) is 20.8 Å². The van der Waals surface area contributed by atoms with E-state index in [0.717, 1.165) is 0 Å². The maximum absolute atomic E-state index is 11.5. The van der Waals surface area contributed by atoms with Crippen LogP contribution in [0.25, 0.3) is 0 Å². The topological polar surface area (TPSA) is 95.1 Å².